The van der Waals surface area contributed by atoms with Crippen LogP contribution < -0.4 is 0 Å². The molecule has 5 nitrogen and oxygen atoms in total. The number of benzene rings is 9. The minimum Gasteiger partial charge on any atom is -0.278 e. The van der Waals surface area contributed by atoms with E-state index in [1.165, 1.54) is 0 Å². The standard InChI is InChI=1S/C57H37N5/c1-2-15-38(16-3-1)39-31-33-40(34-32-39)41-17-12-18-42(35-41)43-19-13-20-44(36-43)45-21-14-22-46(37-45)55-58-56(61-51-27-8-4-23-47(51)48-24-5-9-28-52(48)61)60-57(59-55)62-53-29-10-6-25-49(53)50-26-7-11-30-54(50)62/h1-37H/i4D,5D,6D,7D,8D,9D,10D,11D,23D,24D,25D,26D,27D,28D,29D,30D. The number of fused-ring (bicyclic) bond motifs is 6. The van der Waals surface area contributed by atoms with Crippen LogP contribution in [-0.2, 0) is 0 Å². The largest absolute Gasteiger partial charge is 0.278 e. The van der Waals surface area contributed by atoms with Crippen LogP contribution in [0.1, 0.15) is 21.9 Å². The molecule has 0 aliphatic carbocycles. The molecule has 0 unspecified atom stereocenters. The molecule has 0 aliphatic rings. The minimum absolute atomic E-state index is 0.146. The van der Waals surface area contributed by atoms with E-state index in [2.05, 4.69) is 48.5 Å². The van der Waals surface area contributed by atoms with Crippen LogP contribution in [0, 0.1) is 0 Å². The number of nitrogens with zero attached hydrogens (tertiary/aromatic N) is 5. The average molecular weight is 808 g/mol. The summed E-state index contributed by atoms with van der Waals surface area (Å²) in [6.07, 6.45) is 0. The maximum Gasteiger partial charge on any atom is 0.240 e. The van der Waals surface area contributed by atoms with Crippen LogP contribution in [-0.4, -0.2) is 24.1 Å². The van der Waals surface area contributed by atoms with Gasteiger partial charge in [0.25, 0.3) is 0 Å². The van der Waals surface area contributed by atoms with Crippen LogP contribution in [0.3, 0.4) is 0 Å². The number of para-hydroxylation sites is 4. The van der Waals surface area contributed by atoms with E-state index < -0.39 is 109 Å². The highest BCUT2D eigenvalue weighted by atomic mass is 15.3. The average Bonchev–Trinajstić information content (AvgIpc) is 4.25. The lowest BCUT2D eigenvalue weighted by molar-refractivity contribution is 0.893. The Morgan fingerprint density at radius 1 is 0.290 bits per heavy atom. The minimum atomic E-state index is -0.699. The van der Waals surface area contributed by atoms with Crippen molar-refractivity contribution in [1.29, 1.82) is 0 Å². The van der Waals surface area contributed by atoms with E-state index in [4.69, 9.17) is 31.4 Å². The van der Waals surface area contributed by atoms with E-state index >= 15 is 0 Å². The highest BCUT2D eigenvalue weighted by molar-refractivity contribution is 6.10. The molecule has 0 saturated heterocycles. The summed E-state index contributed by atoms with van der Waals surface area (Å²) >= 11 is 0. The van der Waals surface area contributed by atoms with Gasteiger partial charge in [-0.1, -0.05) is 182 Å². The van der Waals surface area contributed by atoms with Gasteiger partial charge in [-0.2, -0.15) is 15.0 Å². The molecule has 3 heterocycles. The summed E-state index contributed by atoms with van der Waals surface area (Å²) in [5, 5.41) is -1.06. The first kappa shape index (κ1) is 22.8. The summed E-state index contributed by atoms with van der Waals surface area (Å²) in [6, 6.07) is 31.2. The Hall–Kier alpha value is -8.41. The summed E-state index contributed by atoms with van der Waals surface area (Å²) in [5.74, 6) is -1.08. The lowest BCUT2D eigenvalue weighted by Crippen LogP contribution is -2.10. The van der Waals surface area contributed by atoms with E-state index in [1.54, 1.807) is 18.2 Å². The molecule has 0 aliphatic heterocycles. The maximum atomic E-state index is 9.24. The van der Waals surface area contributed by atoms with Gasteiger partial charge in [-0.15, -0.1) is 0 Å². The van der Waals surface area contributed by atoms with E-state index in [9.17, 15) is 5.48 Å². The number of rotatable bonds is 7. The number of hydrogen-bond acceptors (Lipinski definition) is 3. The first-order chi connectivity index (χ1) is 37.4. The van der Waals surface area contributed by atoms with Crippen LogP contribution in [0.15, 0.2) is 224 Å². The van der Waals surface area contributed by atoms with Gasteiger partial charge < -0.3 is 0 Å². The molecular weight excluding hydrogens is 755 g/mol. The van der Waals surface area contributed by atoms with Crippen molar-refractivity contribution >= 4 is 43.6 Å². The van der Waals surface area contributed by atoms with Crippen molar-refractivity contribution in [3.05, 3.63) is 224 Å². The van der Waals surface area contributed by atoms with Crippen molar-refractivity contribution in [3.63, 3.8) is 0 Å². The molecule has 0 spiro atoms. The van der Waals surface area contributed by atoms with E-state index in [0.29, 0.717) is 11.1 Å². The van der Waals surface area contributed by atoms with E-state index in [-0.39, 0.29) is 49.4 Å². The third-order valence-corrected chi connectivity index (χ3v) is 10.9. The van der Waals surface area contributed by atoms with E-state index in [0.717, 1.165) is 48.1 Å². The molecule has 12 aromatic rings. The summed E-state index contributed by atoms with van der Waals surface area (Å²) < 4.78 is 145. The summed E-state index contributed by atoms with van der Waals surface area (Å²) in [5.41, 5.74) is 6.64. The molecule has 0 atom stereocenters. The topological polar surface area (TPSA) is 48.5 Å². The van der Waals surface area contributed by atoms with Crippen molar-refractivity contribution in [2.24, 2.45) is 0 Å². The second-order valence-corrected chi connectivity index (χ2v) is 14.5. The SMILES string of the molecule is [2H]c1c([2H])c([2H])c2c(c1[2H])c1c([2H])c([2H])c([2H])c([2H])c1n2-c1nc(-c2cccc(-c3cccc(-c4cccc(-c5ccc(-c6ccccc6)cc5)c4)c3)c2)nc(-n2c3c([2H])c([2H])c([2H])c([2H])c3c3c([2H])c([2H])c([2H])c([2H])c32)n1. The lowest BCUT2D eigenvalue weighted by Gasteiger charge is -2.13. The zero-order valence-electron chi connectivity index (χ0n) is 48.4. The quantitative estimate of drug-likeness (QED) is 0.161. The van der Waals surface area contributed by atoms with Gasteiger partial charge in [0.05, 0.1) is 44.0 Å². The third kappa shape index (κ3) is 6.06. The molecule has 0 radical (unpaired) electrons. The van der Waals surface area contributed by atoms with Crippen molar-refractivity contribution in [1.82, 2.24) is 24.1 Å². The van der Waals surface area contributed by atoms with Crippen LogP contribution in [0.25, 0.3) is 111 Å². The number of aromatic nitrogens is 5. The predicted molar refractivity (Wildman–Crippen MR) is 256 cm³/mol. The second-order valence-electron chi connectivity index (χ2n) is 14.5. The first-order valence-electron chi connectivity index (χ1n) is 27.6. The lowest BCUT2D eigenvalue weighted by atomic mass is 9.95. The van der Waals surface area contributed by atoms with Gasteiger partial charge >= 0.3 is 0 Å². The monoisotopic (exact) mass is 807 g/mol. The van der Waals surface area contributed by atoms with Crippen molar-refractivity contribution in [3.8, 4) is 67.8 Å². The van der Waals surface area contributed by atoms with Crippen LogP contribution >= 0.6 is 0 Å². The fourth-order valence-corrected chi connectivity index (χ4v) is 8.00. The molecular formula is C57H37N5. The number of hydrogen-bond donors (Lipinski definition) is 0. The Kier molecular flexibility index (Phi) is 5.41. The fraction of sp³-hybridized carbons (Fsp3) is 0. The van der Waals surface area contributed by atoms with Crippen molar-refractivity contribution in [2.75, 3.05) is 0 Å². The van der Waals surface area contributed by atoms with Gasteiger partial charge in [-0.25, -0.2) is 0 Å². The molecule has 62 heavy (non-hydrogen) atoms. The molecule has 9 aromatic carbocycles. The highest BCUT2D eigenvalue weighted by Crippen LogP contribution is 2.36. The Morgan fingerprint density at radius 2 is 0.597 bits per heavy atom. The zero-order chi connectivity index (χ0) is 54.9. The second kappa shape index (κ2) is 14.7. The molecule has 0 amide bonds. The summed E-state index contributed by atoms with van der Waals surface area (Å²) in [7, 11) is 0. The normalized spacial score (nSPS) is 15.2. The highest BCUT2D eigenvalue weighted by Gasteiger charge is 2.20. The van der Waals surface area contributed by atoms with Gasteiger partial charge in [-0.3, -0.25) is 9.13 Å². The molecule has 5 heteroatoms. The Labute approximate surface area is 381 Å². The molecule has 0 N–H and O–H groups in total. The summed E-state index contributed by atoms with van der Waals surface area (Å²) in [6.45, 7) is 0. The van der Waals surface area contributed by atoms with Gasteiger partial charge in [0.15, 0.2) is 5.82 Å². The summed E-state index contributed by atoms with van der Waals surface area (Å²) in [4.78, 5) is 14.6. The van der Waals surface area contributed by atoms with Crippen molar-refractivity contribution in [2.45, 2.75) is 0 Å². The molecule has 0 bridgehead atoms. The Balaban J connectivity index is 1.10. The van der Waals surface area contributed by atoms with Crippen LogP contribution in [0.5, 0.6) is 0 Å². The van der Waals surface area contributed by atoms with E-state index in [1.807, 2.05) is 60.7 Å². The maximum absolute atomic E-state index is 9.24. The van der Waals surface area contributed by atoms with Gasteiger partial charge in [-0.05, 0) is 86.9 Å². The van der Waals surface area contributed by atoms with Gasteiger partial charge in [0.2, 0.25) is 11.9 Å². The Bertz CT molecular complexity index is 4240. The first-order valence-corrected chi connectivity index (χ1v) is 19.6. The third-order valence-electron chi connectivity index (χ3n) is 10.9. The molecule has 0 fully saturated rings. The fourth-order valence-electron chi connectivity index (χ4n) is 8.00. The molecule has 0 saturated carbocycles. The van der Waals surface area contributed by atoms with Crippen LogP contribution in [0.2, 0.25) is 0 Å². The zero-order valence-corrected chi connectivity index (χ0v) is 32.4. The predicted octanol–water partition coefficient (Wildman–Crippen LogP) is 14.4. The van der Waals surface area contributed by atoms with Crippen molar-refractivity contribution < 1.29 is 21.9 Å². The van der Waals surface area contributed by atoms with Gasteiger partial charge in [0.1, 0.15) is 0 Å². The smallest absolute Gasteiger partial charge is 0.240 e. The van der Waals surface area contributed by atoms with Gasteiger partial charge in [0, 0.05) is 27.1 Å². The molecule has 290 valence electrons. The Morgan fingerprint density at radius 3 is 1.02 bits per heavy atom. The molecule has 3 aromatic heterocycles. The molecule has 12 rings (SSSR count). The van der Waals surface area contributed by atoms with Crippen LogP contribution in [0.4, 0.5) is 0 Å².